The predicted molar refractivity (Wildman–Crippen MR) is 105 cm³/mol. The van der Waals surface area contributed by atoms with Gasteiger partial charge in [0.05, 0.1) is 6.54 Å². The van der Waals surface area contributed by atoms with E-state index in [2.05, 4.69) is 66.8 Å². The Kier molecular flexibility index (Phi) is 6.26. The Morgan fingerprint density at radius 3 is 3.04 bits per heavy atom. The van der Waals surface area contributed by atoms with Gasteiger partial charge in [0, 0.05) is 37.6 Å². The van der Waals surface area contributed by atoms with Crippen LogP contribution in [0.2, 0.25) is 0 Å². The van der Waals surface area contributed by atoms with E-state index >= 15 is 0 Å². The molecule has 0 saturated carbocycles. The molecular weight excluding hydrogens is 396 g/mol. The minimum Gasteiger partial charge on any atom is -0.377 e. The van der Waals surface area contributed by atoms with Crippen molar-refractivity contribution in [2.24, 2.45) is 4.99 Å². The second-order valence-electron chi connectivity index (χ2n) is 6.44. The van der Waals surface area contributed by atoms with Crippen molar-refractivity contribution in [2.75, 3.05) is 14.2 Å². The molecule has 26 heavy (non-hydrogen) atoms. The summed E-state index contributed by atoms with van der Waals surface area (Å²) in [5, 5.41) is 11.4. The molecule has 0 aliphatic carbocycles. The van der Waals surface area contributed by atoms with E-state index in [-0.39, 0.29) is 6.04 Å². The van der Waals surface area contributed by atoms with Crippen molar-refractivity contribution in [3.8, 4) is 0 Å². The zero-order valence-corrected chi connectivity index (χ0v) is 17.0. The van der Waals surface area contributed by atoms with E-state index in [1.54, 1.807) is 14.2 Å². The summed E-state index contributed by atoms with van der Waals surface area (Å²) in [4.78, 5) is 8.87. The SMILES string of the molecule is CN=C(NCc1ccc(Br)cc1C)NC1CCc2nc(COC)nn2C1. The largest absolute Gasteiger partial charge is 0.377 e. The van der Waals surface area contributed by atoms with Gasteiger partial charge >= 0.3 is 0 Å². The van der Waals surface area contributed by atoms with E-state index in [4.69, 9.17) is 4.74 Å². The van der Waals surface area contributed by atoms with E-state index in [1.807, 2.05) is 4.68 Å². The maximum Gasteiger partial charge on any atom is 0.191 e. The number of methoxy groups -OCH3 is 1. The first-order chi connectivity index (χ1) is 12.6. The number of rotatable bonds is 5. The number of aromatic nitrogens is 3. The van der Waals surface area contributed by atoms with Crippen LogP contribution < -0.4 is 10.6 Å². The van der Waals surface area contributed by atoms with Crippen LogP contribution in [0.3, 0.4) is 0 Å². The normalized spacial score (nSPS) is 17.1. The fourth-order valence-corrected chi connectivity index (χ4v) is 3.57. The third kappa shape index (κ3) is 4.62. The van der Waals surface area contributed by atoms with Crippen molar-refractivity contribution in [3.63, 3.8) is 0 Å². The molecule has 2 N–H and O–H groups in total. The van der Waals surface area contributed by atoms with Crippen LogP contribution in [0, 0.1) is 6.92 Å². The van der Waals surface area contributed by atoms with Crippen molar-refractivity contribution in [1.82, 2.24) is 25.4 Å². The van der Waals surface area contributed by atoms with Gasteiger partial charge in [0.25, 0.3) is 0 Å². The third-order valence-corrected chi connectivity index (χ3v) is 4.98. The molecule has 2 aromatic rings. The van der Waals surface area contributed by atoms with E-state index in [0.717, 1.165) is 48.0 Å². The van der Waals surface area contributed by atoms with Crippen LogP contribution in [0.15, 0.2) is 27.7 Å². The Balaban J connectivity index is 1.56. The van der Waals surface area contributed by atoms with Gasteiger partial charge < -0.3 is 15.4 Å². The van der Waals surface area contributed by atoms with Gasteiger partial charge in [-0.25, -0.2) is 9.67 Å². The summed E-state index contributed by atoms with van der Waals surface area (Å²) in [7, 11) is 3.46. The zero-order chi connectivity index (χ0) is 18.5. The molecule has 140 valence electrons. The van der Waals surface area contributed by atoms with Crippen molar-refractivity contribution in [1.29, 1.82) is 0 Å². The van der Waals surface area contributed by atoms with E-state index < -0.39 is 0 Å². The molecule has 0 spiro atoms. The molecule has 1 aromatic carbocycles. The van der Waals surface area contributed by atoms with Gasteiger partial charge in [-0.1, -0.05) is 22.0 Å². The Morgan fingerprint density at radius 2 is 2.31 bits per heavy atom. The highest BCUT2D eigenvalue weighted by Crippen LogP contribution is 2.16. The molecule has 3 rings (SSSR count). The van der Waals surface area contributed by atoms with Crippen molar-refractivity contribution in [3.05, 3.63) is 45.4 Å². The Labute approximate surface area is 162 Å². The van der Waals surface area contributed by atoms with Crippen LogP contribution in [0.4, 0.5) is 0 Å². The number of guanidine groups is 1. The quantitative estimate of drug-likeness (QED) is 0.572. The minimum absolute atomic E-state index is 0.275. The highest BCUT2D eigenvalue weighted by molar-refractivity contribution is 9.10. The molecule has 1 atom stereocenters. The maximum atomic E-state index is 5.12. The minimum atomic E-state index is 0.275. The number of nitrogens with one attached hydrogen (secondary N) is 2. The van der Waals surface area contributed by atoms with Crippen molar-refractivity contribution in [2.45, 2.75) is 45.5 Å². The van der Waals surface area contributed by atoms with Gasteiger partial charge in [0.1, 0.15) is 12.4 Å². The number of nitrogens with zero attached hydrogens (tertiary/aromatic N) is 4. The summed E-state index contributed by atoms with van der Waals surface area (Å²) in [6.45, 7) is 4.08. The maximum absolute atomic E-state index is 5.12. The van der Waals surface area contributed by atoms with Gasteiger partial charge in [0.2, 0.25) is 0 Å². The molecule has 2 heterocycles. The lowest BCUT2D eigenvalue weighted by Crippen LogP contribution is -2.46. The predicted octanol–water partition coefficient (Wildman–Crippen LogP) is 2.18. The van der Waals surface area contributed by atoms with Crippen molar-refractivity contribution < 1.29 is 4.74 Å². The fraction of sp³-hybridized carbons (Fsp3) is 0.500. The summed E-state index contributed by atoms with van der Waals surface area (Å²) in [6.07, 6.45) is 1.90. The van der Waals surface area contributed by atoms with Gasteiger partial charge in [-0.15, -0.1) is 0 Å². The molecule has 7 nitrogen and oxygen atoms in total. The third-order valence-electron chi connectivity index (χ3n) is 4.49. The summed E-state index contributed by atoms with van der Waals surface area (Å²) < 4.78 is 8.19. The second kappa shape index (κ2) is 8.64. The Morgan fingerprint density at radius 1 is 1.46 bits per heavy atom. The van der Waals surface area contributed by atoms with Gasteiger partial charge in [0.15, 0.2) is 11.8 Å². The van der Waals surface area contributed by atoms with Gasteiger partial charge in [-0.2, -0.15) is 5.10 Å². The number of ether oxygens (including phenoxy) is 1. The highest BCUT2D eigenvalue weighted by atomic mass is 79.9. The summed E-state index contributed by atoms with van der Waals surface area (Å²) in [6, 6.07) is 6.58. The smallest absolute Gasteiger partial charge is 0.191 e. The Bertz CT molecular complexity index is 788. The lowest BCUT2D eigenvalue weighted by atomic mass is 10.1. The van der Waals surface area contributed by atoms with Crippen LogP contribution in [0.5, 0.6) is 0 Å². The number of aryl methyl sites for hydroxylation is 2. The number of hydrogen-bond acceptors (Lipinski definition) is 4. The molecule has 0 saturated heterocycles. The molecule has 0 amide bonds. The van der Waals surface area contributed by atoms with Crippen LogP contribution >= 0.6 is 15.9 Å². The highest BCUT2D eigenvalue weighted by Gasteiger charge is 2.22. The number of aliphatic imine (C=N–C) groups is 1. The lowest BCUT2D eigenvalue weighted by molar-refractivity contribution is 0.177. The van der Waals surface area contributed by atoms with E-state index in [1.165, 1.54) is 11.1 Å². The first-order valence-corrected chi connectivity index (χ1v) is 9.52. The van der Waals surface area contributed by atoms with Gasteiger partial charge in [-0.3, -0.25) is 4.99 Å². The number of halogens is 1. The lowest BCUT2D eigenvalue weighted by Gasteiger charge is -2.25. The first kappa shape index (κ1) is 18.8. The average molecular weight is 421 g/mol. The van der Waals surface area contributed by atoms with E-state index in [9.17, 15) is 0 Å². The molecule has 1 aliphatic rings. The number of hydrogen-bond donors (Lipinski definition) is 2. The van der Waals surface area contributed by atoms with Crippen LogP contribution in [-0.2, 0) is 30.9 Å². The molecule has 0 fully saturated rings. The molecule has 1 aromatic heterocycles. The molecule has 1 unspecified atom stereocenters. The number of fused-ring (bicyclic) bond motifs is 1. The summed E-state index contributed by atoms with van der Waals surface area (Å²) in [5.41, 5.74) is 2.50. The summed E-state index contributed by atoms with van der Waals surface area (Å²) in [5.74, 6) is 2.58. The topological polar surface area (TPSA) is 76.4 Å². The van der Waals surface area contributed by atoms with Crippen LogP contribution in [0.1, 0.15) is 29.2 Å². The Hall–Kier alpha value is -1.93. The van der Waals surface area contributed by atoms with Crippen LogP contribution in [-0.4, -0.2) is 40.9 Å². The molecule has 1 aliphatic heterocycles. The molecule has 0 bridgehead atoms. The number of benzene rings is 1. The first-order valence-electron chi connectivity index (χ1n) is 8.72. The molecule has 0 radical (unpaired) electrons. The van der Waals surface area contributed by atoms with E-state index in [0.29, 0.717) is 6.61 Å². The van der Waals surface area contributed by atoms with Crippen molar-refractivity contribution >= 4 is 21.9 Å². The molecule has 8 heteroatoms. The summed E-state index contributed by atoms with van der Waals surface area (Å²) >= 11 is 3.50. The zero-order valence-electron chi connectivity index (χ0n) is 15.4. The van der Waals surface area contributed by atoms with Gasteiger partial charge in [-0.05, 0) is 36.6 Å². The standard InChI is InChI=1S/C18H25BrN6O/c1-12-8-14(19)5-4-13(12)9-21-18(20-2)22-15-6-7-17-23-16(11-26-3)24-25(17)10-15/h4-5,8,15H,6-7,9-11H2,1-3H3,(H2,20,21,22). The molecular formula is C18H25BrN6O. The fourth-order valence-electron chi connectivity index (χ4n) is 3.09. The van der Waals surface area contributed by atoms with Crippen LogP contribution in [0.25, 0.3) is 0 Å². The monoisotopic (exact) mass is 420 g/mol. The average Bonchev–Trinajstić information content (AvgIpc) is 3.01. The second-order valence-corrected chi connectivity index (χ2v) is 7.35.